The number of nitro groups is 1. The zero-order valence-electron chi connectivity index (χ0n) is 11.4. The van der Waals surface area contributed by atoms with Crippen LogP contribution in [-0.4, -0.2) is 15.8 Å². The summed E-state index contributed by atoms with van der Waals surface area (Å²) in [5.41, 5.74) is 1.81. The van der Waals surface area contributed by atoms with E-state index in [0.29, 0.717) is 0 Å². The molecule has 1 amide bonds. The largest absolute Gasteiger partial charge is 0.316 e. The third-order valence-corrected chi connectivity index (χ3v) is 3.38. The number of halogens is 1. The zero-order valence-corrected chi connectivity index (χ0v) is 12.1. The molecule has 0 aliphatic carbocycles. The molecule has 1 aromatic heterocycles. The van der Waals surface area contributed by atoms with Gasteiger partial charge in [0.25, 0.3) is 11.6 Å². The second kappa shape index (κ2) is 5.88. The van der Waals surface area contributed by atoms with Crippen molar-refractivity contribution in [2.45, 2.75) is 13.8 Å². The topological polar surface area (TPSA) is 85.1 Å². The molecule has 0 fully saturated rings. The SMILES string of the molecule is Cc1cc(NC(=O)c2ccncc2Cl)c([N+](=O)[O-])cc1C. The smallest absolute Gasteiger partial charge is 0.293 e. The predicted molar refractivity (Wildman–Crippen MR) is 79.8 cm³/mol. The van der Waals surface area contributed by atoms with Gasteiger partial charge < -0.3 is 5.32 Å². The Morgan fingerprint density at radius 1 is 1.33 bits per heavy atom. The van der Waals surface area contributed by atoms with E-state index in [1.54, 1.807) is 13.0 Å². The van der Waals surface area contributed by atoms with Crippen molar-refractivity contribution >= 4 is 28.9 Å². The molecule has 0 aliphatic rings. The minimum Gasteiger partial charge on any atom is -0.316 e. The van der Waals surface area contributed by atoms with Crippen LogP contribution in [0.5, 0.6) is 0 Å². The number of aromatic nitrogens is 1. The Kier molecular flexibility index (Phi) is 4.18. The highest BCUT2D eigenvalue weighted by atomic mass is 35.5. The van der Waals surface area contributed by atoms with Crippen LogP contribution in [0, 0.1) is 24.0 Å². The first-order chi connectivity index (χ1) is 9.90. The van der Waals surface area contributed by atoms with Gasteiger partial charge in [0.1, 0.15) is 5.69 Å². The number of amides is 1. The Morgan fingerprint density at radius 3 is 2.62 bits per heavy atom. The Hall–Kier alpha value is -2.47. The van der Waals surface area contributed by atoms with E-state index in [1.165, 1.54) is 24.5 Å². The molecule has 21 heavy (non-hydrogen) atoms. The van der Waals surface area contributed by atoms with Gasteiger partial charge in [0.05, 0.1) is 15.5 Å². The summed E-state index contributed by atoms with van der Waals surface area (Å²) >= 11 is 5.89. The van der Waals surface area contributed by atoms with Crippen molar-refractivity contribution in [2.75, 3.05) is 5.32 Å². The van der Waals surface area contributed by atoms with Crippen LogP contribution >= 0.6 is 11.6 Å². The molecule has 0 radical (unpaired) electrons. The third kappa shape index (κ3) is 3.17. The van der Waals surface area contributed by atoms with Gasteiger partial charge in [0, 0.05) is 18.5 Å². The van der Waals surface area contributed by atoms with Gasteiger partial charge in [-0.05, 0) is 37.1 Å². The van der Waals surface area contributed by atoms with Crippen molar-refractivity contribution in [2.24, 2.45) is 0 Å². The first kappa shape index (κ1) is 14.9. The molecule has 1 N–H and O–H groups in total. The van der Waals surface area contributed by atoms with Crippen molar-refractivity contribution in [3.05, 3.63) is 62.4 Å². The third-order valence-electron chi connectivity index (χ3n) is 3.07. The number of benzene rings is 1. The fourth-order valence-electron chi connectivity index (χ4n) is 1.80. The molecule has 0 spiro atoms. The highest BCUT2D eigenvalue weighted by molar-refractivity contribution is 6.34. The zero-order chi connectivity index (χ0) is 15.6. The number of carbonyl (C=O) groups excluding carboxylic acids is 1. The Morgan fingerprint density at radius 2 is 2.00 bits per heavy atom. The highest BCUT2D eigenvalue weighted by Crippen LogP contribution is 2.28. The number of hydrogen-bond acceptors (Lipinski definition) is 4. The average molecular weight is 306 g/mol. The summed E-state index contributed by atoms with van der Waals surface area (Å²) < 4.78 is 0. The fourth-order valence-corrected chi connectivity index (χ4v) is 2.01. The molecule has 0 saturated heterocycles. The lowest BCUT2D eigenvalue weighted by Gasteiger charge is -2.09. The normalized spacial score (nSPS) is 10.2. The number of anilines is 1. The van der Waals surface area contributed by atoms with E-state index in [2.05, 4.69) is 10.3 Å². The number of nitro benzene ring substituents is 1. The summed E-state index contributed by atoms with van der Waals surface area (Å²) in [6.07, 6.45) is 2.76. The molecule has 0 aliphatic heterocycles. The van der Waals surface area contributed by atoms with Gasteiger partial charge in [-0.1, -0.05) is 11.6 Å². The van der Waals surface area contributed by atoms with E-state index in [0.717, 1.165) is 11.1 Å². The summed E-state index contributed by atoms with van der Waals surface area (Å²) in [4.78, 5) is 26.5. The maximum atomic E-state index is 12.2. The number of rotatable bonds is 3. The van der Waals surface area contributed by atoms with E-state index in [-0.39, 0.29) is 22.0 Å². The van der Waals surface area contributed by atoms with Gasteiger partial charge >= 0.3 is 0 Å². The molecule has 7 heteroatoms. The van der Waals surface area contributed by atoms with Crippen molar-refractivity contribution in [3.8, 4) is 0 Å². The summed E-state index contributed by atoms with van der Waals surface area (Å²) in [6, 6.07) is 4.45. The Balaban J connectivity index is 2.40. The maximum Gasteiger partial charge on any atom is 0.293 e. The van der Waals surface area contributed by atoms with E-state index in [9.17, 15) is 14.9 Å². The number of hydrogen-bond donors (Lipinski definition) is 1. The molecule has 6 nitrogen and oxygen atoms in total. The van der Waals surface area contributed by atoms with Gasteiger partial charge in [0.2, 0.25) is 0 Å². The minimum atomic E-state index is -0.532. The van der Waals surface area contributed by atoms with Gasteiger partial charge in [0.15, 0.2) is 0 Å². The molecule has 108 valence electrons. The standard InChI is InChI=1S/C14H12ClN3O3/c1-8-5-12(13(18(20)21)6-9(8)2)17-14(19)10-3-4-16-7-11(10)15/h3-7H,1-2H3,(H,17,19). The molecule has 1 aromatic carbocycles. The van der Waals surface area contributed by atoms with Crippen LogP contribution in [0.4, 0.5) is 11.4 Å². The van der Waals surface area contributed by atoms with Crippen LogP contribution in [-0.2, 0) is 0 Å². The number of nitrogens with one attached hydrogen (secondary N) is 1. The van der Waals surface area contributed by atoms with Crippen molar-refractivity contribution < 1.29 is 9.72 Å². The number of nitrogens with zero attached hydrogens (tertiary/aromatic N) is 2. The summed E-state index contributed by atoms with van der Waals surface area (Å²) in [5, 5.41) is 13.8. The molecule has 1 heterocycles. The highest BCUT2D eigenvalue weighted by Gasteiger charge is 2.19. The molecule has 2 aromatic rings. The summed E-state index contributed by atoms with van der Waals surface area (Å²) in [7, 11) is 0. The van der Waals surface area contributed by atoms with Crippen LogP contribution < -0.4 is 5.32 Å². The Bertz CT molecular complexity index is 731. The lowest BCUT2D eigenvalue weighted by molar-refractivity contribution is -0.384. The van der Waals surface area contributed by atoms with Crippen LogP contribution in [0.3, 0.4) is 0 Å². The lowest BCUT2D eigenvalue weighted by atomic mass is 10.1. The van der Waals surface area contributed by atoms with Crippen molar-refractivity contribution in [1.29, 1.82) is 0 Å². The van der Waals surface area contributed by atoms with Gasteiger partial charge in [-0.3, -0.25) is 19.9 Å². The first-order valence-electron chi connectivity index (χ1n) is 6.06. The second-order valence-corrected chi connectivity index (χ2v) is 4.93. The molecule has 2 rings (SSSR count). The van der Waals surface area contributed by atoms with E-state index in [1.807, 2.05) is 6.92 Å². The molecular formula is C14H12ClN3O3. The number of pyridine rings is 1. The fraction of sp³-hybridized carbons (Fsp3) is 0.143. The van der Waals surface area contributed by atoms with Gasteiger partial charge in [-0.2, -0.15) is 0 Å². The van der Waals surface area contributed by atoms with Crippen LogP contribution in [0.2, 0.25) is 5.02 Å². The van der Waals surface area contributed by atoms with Crippen LogP contribution in [0.15, 0.2) is 30.6 Å². The minimum absolute atomic E-state index is 0.140. The quantitative estimate of drug-likeness (QED) is 0.694. The monoisotopic (exact) mass is 305 g/mol. The van der Waals surface area contributed by atoms with Crippen molar-refractivity contribution in [1.82, 2.24) is 4.98 Å². The molecule has 0 atom stereocenters. The summed E-state index contributed by atoms with van der Waals surface area (Å²) in [6.45, 7) is 3.59. The maximum absolute atomic E-state index is 12.2. The average Bonchev–Trinajstić information content (AvgIpc) is 2.42. The number of carbonyl (C=O) groups is 1. The second-order valence-electron chi connectivity index (χ2n) is 4.52. The molecular weight excluding hydrogens is 294 g/mol. The van der Waals surface area contributed by atoms with Crippen LogP contribution in [0.25, 0.3) is 0 Å². The van der Waals surface area contributed by atoms with E-state index >= 15 is 0 Å². The molecule has 0 saturated carbocycles. The van der Waals surface area contributed by atoms with E-state index in [4.69, 9.17) is 11.6 Å². The molecule has 0 bridgehead atoms. The summed E-state index contributed by atoms with van der Waals surface area (Å²) in [5.74, 6) is -0.520. The predicted octanol–water partition coefficient (Wildman–Crippen LogP) is 3.51. The first-order valence-corrected chi connectivity index (χ1v) is 6.44. The molecule has 0 unspecified atom stereocenters. The van der Waals surface area contributed by atoms with E-state index < -0.39 is 10.8 Å². The van der Waals surface area contributed by atoms with Crippen molar-refractivity contribution in [3.63, 3.8) is 0 Å². The van der Waals surface area contributed by atoms with Crippen LogP contribution in [0.1, 0.15) is 21.5 Å². The van der Waals surface area contributed by atoms with Gasteiger partial charge in [-0.15, -0.1) is 0 Å². The lowest BCUT2D eigenvalue weighted by Crippen LogP contribution is -2.14. The Labute approximate surface area is 125 Å². The van der Waals surface area contributed by atoms with Gasteiger partial charge in [-0.25, -0.2) is 0 Å². The number of aryl methyl sites for hydroxylation is 2.